The van der Waals surface area contributed by atoms with Crippen LogP contribution in [0.1, 0.15) is 22.6 Å². The van der Waals surface area contributed by atoms with Gasteiger partial charge in [-0.15, -0.1) is 5.10 Å². The molecule has 84 valence electrons. The minimum absolute atomic E-state index is 0.0162. The molecule has 0 saturated heterocycles. The summed E-state index contributed by atoms with van der Waals surface area (Å²) < 4.78 is 1.56. The third kappa shape index (κ3) is 2.74. The first kappa shape index (κ1) is 11.6. The van der Waals surface area contributed by atoms with Crippen molar-refractivity contribution in [2.24, 2.45) is 11.5 Å². The Hall–Kier alpha value is -1.47. The molecule has 0 aliphatic carbocycles. The highest BCUT2D eigenvalue weighted by Crippen LogP contribution is 2.06. The summed E-state index contributed by atoms with van der Waals surface area (Å²) in [4.78, 5) is 10.8. The Labute approximate surface area is 87.1 Å². The van der Waals surface area contributed by atoms with Crippen LogP contribution >= 0.6 is 0 Å². The fourth-order valence-corrected chi connectivity index (χ4v) is 1.30. The van der Waals surface area contributed by atoms with Crippen LogP contribution in [0.4, 0.5) is 0 Å². The molecule has 0 unspecified atom stereocenters. The number of carboxylic acids is 1. The predicted octanol–water partition coefficient (Wildman–Crippen LogP) is -1.17. The number of aryl methyl sites for hydroxylation is 1. The molecule has 0 atom stereocenters. The highest BCUT2D eigenvalue weighted by Gasteiger charge is 2.17. The summed E-state index contributed by atoms with van der Waals surface area (Å²) in [5, 5.41) is 16.2. The average molecular weight is 213 g/mol. The van der Waals surface area contributed by atoms with Crippen LogP contribution in [0, 0.1) is 0 Å². The Bertz CT molecular complexity index is 336. The van der Waals surface area contributed by atoms with Gasteiger partial charge in [-0.3, -0.25) is 0 Å². The lowest BCUT2D eigenvalue weighted by molar-refractivity contribution is 0.0689. The zero-order valence-electron chi connectivity index (χ0n) is 8.39. The minimum Gasteiger partial charge on any atom is -0.476 e. The second-order valence-electron chi connectivity index (χ2n) is 3.09. The first-order chi connectivity index (χ1) is 7.20. The monoisotopic (exact) mass is 213 g/mol. The predicted molar refractivity (Wildman–Crippen MR) is 53.4 cm³/mol. The second kappa shape index (κ2) is 5.42. The normalized spacial score (nSPS) is 10.5. The van der Waals surface area contributed by atoms with Crippen LogP contribution in [-0.2, 0) is 13.0 Å². The SMILES string of the molecule is NCCCn1nnc(C(=O)O)c1CCN. The van der Waals surface area contributed by atoms with Crippen LogP contribution < -0.4 is 11.5 Å². The molecule has 1 rings (SSSR count). The van der Waals surface area contributed by atoms with Crippen molar-refractivity contribution in [1.29, 1.82) is 0 Å². The zero-order chi connectivity index (χ0) is 11.3. The molecule has 7 nitrogen and oxygen atoms in total. The molecule has 1 aromatic heterocycles. The molecular formula is C8H15N5O2. The van der Waals surface area contributed by atoms with E-state index in [2.05, 4.69) is 10.3 Å². The summed E-state index contributed by atoms with van der Waals surface area (Å²) >= 11 is 0. The number of nitrogens with two attached hydrogens (primary N) is 2. The third-order valence-corrected chi connectivity index (χ3v) is 2.00. The van der Waals surface area contributed by atoms with Crippen LogP contribution in [0.15, 0.2) is 0 Å². The minimum atomic E-state index is -1.07. The standard InChI is InChI=1S/C8H15N5O2/c9-3-1-5-13-6(2-4-10)7(8(14)15)11-12-13/h1-5,9-10H2,(H,14,15). The first-order valence-corrected chi connectivity index (χ1v) is 4.76. The van der Waals surface area contributed by atoms with Gasteiger partial charge in [0.2, 0.25) is 0 Å². The van der Waals surface area contributed by atoms with E-state index in [1.165, 1.54) is 0 Å². The Balaban J connectivity index is 2.90. The highest BCUT2D eigenvalue weighted by molar-refractivity contribution is 5.86. The Morgan fingerprint density at radius 3 is 2.67 bits per heavy atom. The molecule has 7 heteroatoms. The van der Waals surface area contributed by atoms with E-state index < -0.39 is 5.97 Å². The molecule has 0 bridgehead atoms. The molecular weight excluding hydrogens is 198 g/mol. The van der Waals surface area contributed by atoms with Crippen molar-refractivity contribution >= 4 is 5.97 Å². The molecule has 0 aromatic carbocycles. The van der Waals surface area contributed by atoms with E-state index in [9.17, 15) is 4.79 Å². The topological polar surface area (TPSA) is 120 Å². The highest BCUT2D eigenvalue weighted by atomic mass is 16.4. The van der Waals surface area contributed by atoms with Crippen molar-refractivity contribution in [1.82, 2.24) is 15.0 Å². The summed E-state index contributed by atoms with van der Waals surface area (Å²) in [6.07, 6.45) is 1.19. The van der Waals surface area contributed by atoms with Crippen LogP contribution in [-0.4, -0.2) is 39.2 Å². The number of nitrogens with zero attached hydrogens (tertiary/aromatic N) is 3. The summed E-state index contributed by atoms with van der Waals surface area (Å²) in [6.45, 7) is 1.48. The maximum Gasteiger partial charge on any atom is 0.358 e. The van der Waals surface area contributed by atoms with Crippen molar-refractivity contribution in [3.05, 3.63) is 11.4 Å². The maximum absolute atomic E-state index is 10.8. The molecule has 5 N–H and O–H groups in total. The largest absolute Gasteiger partial charge is 0.476 e. The fraction of sp³-hybridized carbons (Fsp3) is 0.625. The molecule has 0 spiro atoms. The summed E-state index contributed by atoms with van der Waals surface area (Å²) in [5.41, 5.74) is 11.3. The second-order valence-corrected chi connectivity index (χ2v) is 3.09. The van der Waals surface area contributed by atoms with Crippen LogP contribution in [0.2, 0.25) is 0 Å². The van der Waals surface area contributed by atoms with Gasteiger partial charge in [-0.2, -0.15) is 0 Å². The fourth-order valence-electron chi connectivity index (χ4n) is 1.30. The molecule has 1 heterocycles. The van der Waals surface area contributed by atoms with Gasteiger partial charge in [-0.25, -0.2) is 9.48 Å². The Morgan fingerprint density at radius 2 is 2.13 bits per heavy atom. The number of aromatic carboxylic acids is 1. The van der Waals surface area contributed by atoms with Gasteiger partial charge in [0, 0.05) is 13.0 Å². The van der Waals surface area contributed by atoms with Crippen molar-refractivity contribution in [3.63, 3.8) is 0 Å². The van der Waals surface area contributed by atoms with Crippen molar-refractivity contribution in [3.8, 4) is 0 Å². The summed E-state index contributed by atoms with van der Waals surface area (Å²) in [6, 6.07) is 0. The molecule has 0 saturated carbocycles. The van der Waals surface area contributed by atoms with Crippen LogP contribution in [0.3, 0.4) is 0 Å². The Kier molecular flexibility index (Phi) is 4.19. The van der Waals surface area contributed by atoms with E-state index >= 15 is 0 Å². The molecule has 0 radical (unpaired) electrons. The molecule has 0 aliphatic rings. The smallest absolute Gasteiger partial charge is 0.358 e. The van der Waals surface area contributed by atoms with Gasteiger partial charge < -0.3 is 16.6 Å². The number of aromatic nitrogens is 3. The van der Waals surface area contributed by atoms with Gasteiger partial charge in [-0.05, 0) is 19.5 Å². The maximum atomic E-state index is 10.8. The van der Waals surface area contributed by atoms with Gasteiger partial charge in [0.15, 0.2) is 5.69 Å². The lowest BCUT2D eigenvalue weighted by Gasteiger charge is -2.04. The number of carboxylic acid groups (broad SMARTS) is 1. The number of rotatable bonds is 6. The van der Waals surface area contributed by atoms with E-state index in [-0.39, 0.29) is 5.69 Å². The van der Waals surface area contributed by atoms with Gasteiger partial charge >= 0.3 is 5.97 Å². The van der Waals surface area contributed by atoms with E-state index in [1.54, 1.807) is 4.68 Å². The van der Waals surface area contributed by atoms with Gasteiger partial charge in [-0.1, -0.05) is 5.21 Å². The summed E-state index contributed by atoms with van der Waals surface area (Å²) in [7, 11) is 0. The number of hydrogen-bond acceptors (Lipinski definition) is 5. The van der Waals surface area contributed by atoms with Crippen molar-refractivity contribution in [2.45, 2.75) is 19.4 Å². The molecule has 0 aliphatic heterocycles. The van der Waals surface area contributed by atoms with Crippen molar-refractivity contribution in [2.75, 3.05) is 13.1 Å². The van der Waals surface area contributed by atoms with Gasteiger partial charge in [0.25, 0.3) is 0 Å². The number of hydrogen-bond donors (Lipinski definition) is 3. The first-order valence-electron chi connectivity index (χ1n) is 4.76. The number of carbonyl (C=O) groups is 1. The van der Waals surface area contributed by atoms with Crippen LogP contribution in [0.5, 0.6) is 0 Å². The third-order valence-electron chi connectivity index (χ3n) is 2.00. The average Bonchev–Trinajstić information content (AvgIpc) is 2.59. The molecule has 0 fully saturated rings. The van der Waals surface area contributed by atoms with Crippen LogP contribution in [0.25, 0.3) is 0 Å². The lowest BCUT2D eigenvalue weighted by Crippen LogP contribution is -2.15. The zero-order valence-corrected chi connectivity index (χ0v) is 8.39. The molecule has 15 heavy (non-hydrogen) atoms. The van der Waals surface area contributed by atoms with E-state index in [1.807, 2.05) is 0 Å². The molecule has 1 aromatic rings. The van der Waals surface area contributed by atoms with E-state index in [0.717, 1.165) is 6.42 Å². The molecule has 0 amide bonds. The quantitative estimate of drug-likeness (QED) is 0.547. The summed E-state index contributed by atoms with van der Waals surface area (Å²) in [5.74, 6) is -1.07. The Morgan fingerprint density at radius 1 is 1.40 bits per heavy atom. The van der Waals surface area contributed by atoms with Gasteiger partial charge in [0.1, 0.15) is 0 Å². The van der Waals surface area contributed by atoms with Crippen molar-refractivity contribution < 1.29 is 9.90 Å². The van der Waals surface area contributed by atoms with E-state index in [4.69, 9.17) is 16.6 Å². The van der Waals surface area contributed by atoms with E-state index in [0.29, 0.717) is 31.7 Å². The lowest BCUT2D eigenvalue weighted by atomic mass is 10.2. The van der Waals surface area contributed by atoms with Gasteiger partial charge in [0.05, 0.1) is 5.69 Å².